The molecule has 5 heteroatoms. The second-order valence-corrected chi connectivity index (χ2v) is 10.3. The summed E-state index contributed by atoms with van der Waals surface area (Å²) in [5.41, 5.74) is 0.195. The fourth-order valence-corrected chi connectivity index (χ4v) is 4.84. The third kappa shape index (κ3) is 3.82. The minimum Gasteiger partial charge on any atom is -0.508 e. The average molecular weight is 362 g/mol. The van der Waals surface area contributed by atoms with Gasteiger partial charge in [0.05, 0.1) is 9.79 Å². The lowest BCUT2D eigenvalue weighted by Gasteiger charge is -2.26. The van der Waals surface area contributed by atoms with Crippen molar-refractivity contribution in [3.8, 4) is 11.5 Å². The summed E-state index contributed by atoms with van der Waals surface area (Å²) in [6.45, 7) is 11.4. The van der Waals surface area contributed by atoms with Gasteiger partial charge in [0.15, 0.2) is 0 Å². The molecule has 0 fully saturated rings. The van der Waals surface area contributed by atoms with Gasteiger partial charge in [0, 0.05) is 0 Å². The molecule has 2 rings (SSSR count). The Labute approximate surface area is 150 Å². The highest BCUT2D eigenvalue weighted by atomic mass is 32.2. The van der Waals surface area contributed by atoms with E-state index in [9.17, 15) is 18.6 Å². The van der Waals surface area contributed by atoms with Crippen LogP contribution in [0, 0.1) is 0 Å². The van der Waals surface area contributed by atoms with Crippen LogP contribution in [-0.2, 0) is 20.7 Å². The summed E-state index contributed by atoms with van der Waals surface area (Å²) < 4.78 is 26.9. The second-order valence-electron chi connectivity index (χ2n) is 8.36. The zero-order chi connectivity index (χ0) is 19.2. The molecule has 0 bridgehead atoms. The van der Waals surface area contributed by atoms with Crippen LogP contribution >= 0.6 is 0 Å². The number of rotatable bonds is 2. The maximum absolute atomic E-state index is 13.4. The molecule has 0 spiro atoms. The lowest BCUT2D eigenvalue weighted by Crippen LogP contribution is -2.20. The Bertz CT molecular complexity index is 829. The third-order valence-corrected chi connectivity index (χ3v) is 5.99. The lowest BCUT2D eigenvalue weighted by atomic mass is 9.87. The second kappa shape index (κ2) is 6.06. The van der Waals surface area contributed by atoms with E-state index >= 15 is 0 Å². The van der Waals surface area contributed by atoms with E-state index in [1.807, 2.05) is 41.5 Å². The summed E-state index contributed by atoms with van der Waals surface area (Å²) in [6.07, 6.45) is 0. The van der Waals surface area contributed by atoms with E-state index in [0.717, 1.165) is 0 Å². The van der Waals surface area contributed by atoms with Gasteiger partial charge in [-0.2, -0.15) is 0 Å². The van der Waals surface area contributed by atoms with Crippen LogP contribution in [0.1, 0.15) is 52.7 Å². The standard InChI is InChI=1S/C20H26O4S/c1-19(2,3)15-11-13(21)7-9-17(15)25(23,24)18-10-8-14(22)12-16(18)20(4,5)6/h7-12,21-22H,1-6H3. The van der Waals surface area contributed by atoms with E-state index in [1.165, 1.54) is 36.4 Å². The summed E-state index contributed by atoms with van der Waals surface area (Å²) in [6, 6.07) is 8.68. The number of hydrogen-bond acceptors (Lipinski definition) is 4. The maximum Gasteiger partial charge on any atom is 0.207 e. The average Bonchev–Trinajstić information content (AvgIpc) is 2.44. The van der Waals surface area contributed by atoms with Gasteiger partial charge >= 0.3 is 0 Å². The highest BCUT2D eigenvalue weighted by Crippen LogP contribution is 2.39. The van der Waals surface area contributed by atoms with Crippen molar-refractivity contribution in [1.29, 1.82) is 0 Å². The largest absolute Gasteiger partial charge is 0.508 e. The molecule has 4 nitrogen and oxygen atoms in total. The van der Waals surface area contributed by atoms with Crippen LogP contribution in [0.4, 0.5) is 0 Å². The fourth-order valence-electron chi connectivity index (χ4n) is 2.80. The SMILES string of the molecule is CC(C)(C)c1cc(O)ccc1S(=O)(=O)c1ccc(O)cc1C(C)(C)C. The van der Waals surface area contributed by atoms with Crippen molar-refractivity contribution in [2.45, 2.75) is 62.2 Å². The molecule has 136 valence electrons. The Morgan fingerprint density at radius 3 is 1.28 bits per heavy atom. The van der Waals surface area contributed by atoms with Crippen LogP contribution in [0.15, 0.2) is 46.2 Å². The summed E-state index contributed by atoms with van der Waals surface area (Å²) in [5.74, 6) is 0.0660. The smallest absolute Gasteiger partial charge is 0.207 e. The summed E-state index contributed by atoms with van der Waals surface area (Å²) >= 11 is 0. The predicted octanol–water partition coefficient (Wildman–Crippen LogP) is 4.53. The minimum atomic E-state index is -3.82. The van der Waals surface area contributed by atoms with E-state index in [-0.39, 0.29) is 21.3 Å². The molecular formula is C20H26O4S. The molecule has 0 aliphatic heterocycles. The Balaban J connectivity index is 2.83. The molecule has 25 heavy (non-hydrogen) atoms. The van der Waals surface area contributed by atoms with Crippen molar-refractivity contribution >= 4 is 9.84 Å². The number of hydrogen-bond donors (Lipinski definition) is 2. The first-order valence-corrected chi connectivity index (χ1v) is 9.65. The zero-order valence-corrected chi connectivity index (χ0v) is 16.4. The van der Waals surface area contributed by atoms with Crippen LogP contribution in [0.25, 0.3) is 0 Å². The highest BCUT2D eigenvalue weighted by Gasteiger charge is 2.32. The van der Waals surface area contributed by atoms with Gasteiger partial charge in [0.2, 0.25) is 9.84 Å². The monoisotopic (exact) mass is 362 g/mol. The van der Waals surface area contributed by atoms with E-state index in [1.54, 1.807) is 0 Å². The first-order chi connectivity index (χ1) is 11.2. The Kier molecular flexibility index (Phi) is 4.68. The Morgan fingerprint density at radius 1 is 0.680 bits per heavy atom. The fraction of sp³-hybridized carbons (Fsp3) is 0.400. The molecule has 0 aliphatic carbocycles. The molecular weight excluding hydrogens is 336 g/mol. The Morgan fingerprint density at radius 2 is 1.00 bits per heavy atom. The third-order valence-electron chi connectivity index (χ3n) is 4.12. The van der Waals surface area contributed by atoms with Gasteiger partial charge in [-0.15, -0.1) is 0 Å². The van der Waals surface area contributed by atoms with Gasteiger partial charge in [-0.3, -0.25) is 0 Å². The lowest BCUT2D eigenvalue weighted by molar-refractivity contribution is 0.468. The van der Waals surface area contributed by atoms with Gasteiger partial charge < -0.3 is 10.2 Å². The van der Waals surface area contributed by atoms with Crippen LogP contribution in [-0.4, -0.2) is 18.6 Å². The predicted molar refractivity (Wildman–Crippen MR) is 99.1 cm³/mol. The summed E-state index contributed by atoms with van der Waals surface area (Å²) in [4.78, 5) is 0.350. The molecule has 2 aromatic carbocycles. The van der Waals surface area contributed by atoms with E-state index in [2.05, 4.69) is 0 Å². The van der Waals surface area contributed by atoms with Gasteiger partial charge in [-0.05, 0) is 58.4 Å². The first-order valence-electron chi connectivity index (χ1n) is 8.16. The number of sulfone groups is 1. The first kappa shape index (κ1) is 19.3. The summed E-state index contributed by atoms with van der Waals surface area (Å²) in [7, 11) is -3.82. The van der Waals surface area contributed by atoms with Gasteiger partial charge in [0.25, 0.3) is 0 Å². The molecule has 0 heterocycles. The van der Waals surface area contributed by atoms with E-state index in [0.29, 0.717) is 11.1 Å². The van der Waals surface area contributed by atoms with Gasteiger partial charge in [-0.25, -0.2) is 8.42 Å². The van der Waals surface area contributed by atoms with Gasteiger partial charge in [-0.1, -0.05) is 41.5 Å². The highest BCUT2D eigenvalue weighted by molar-refractivity contribution is 7.91. The van der Waals surface area contributed by atoms with Crippen molar-refractivity contribution in [3.05, 3.63) is 47.5 Å². The quantitative estimate of drug-likeness (QED) is 0.823. The molecule has 0 aromatic heterocycles. The molecule has 0 saturated heterocycles. The van der Waals surface area contributed by atoms with Crippen LogP contribution in [0.2, 0.25) is 0 Å². The Hall–Kier alpha value is -2.01. The summed E-state index contributed by atoms with van der Waals surface area (Å²) in [5, 5.41) is 19.7. The van der Waals surface area contributed by atoms with Crippen molar-refractivity contribution in [2.24, 2.45) is 0 Å². The van der Waals surface area contributed by atoms with E-state index in [4.69, 9.17) is 0 Å². The molecule has 0 radical (unpaired) electrons. The van der Waals surface area contributed by atoms with Crippen molar-refractivity contribution < 1.29 is 18.6 Å². The van der Waals surface area contributed by atoms with Crippen LogP contribution in [0.3, 0.4) is 0 Å². The van der Waals surface area contributed by atoms with Crippen LogP contribution in [0.5, 0.6) is 11.5 Å². The zero-order valence-electron chi connectivity index (χ0n) is 15.6. The van der Waals surface area contributed by atoms with Crippen molar-refractivity contribution in [2.75, 3.05) is 0 Å². The molecule has 0 amide bonds. The van der Waals surface area contributed by atoms with Crippen molar-refractivity contribution in [3.63, 3.8) is 0 Å². The maximum atomic E-state index is 13.4. The molecule has 0 aliphatic rings. The number of aromatic hydroxyl groups is 2. The number of phenolic OH excluding ortho intramolecular Hbond substituents is 2. The molecule has 2 aromatic rings. The topological polar surface area (TPSA) is 74.6 Å². The number of benzene rings is 2. The van der Waals surface area contributed by atoms with Gasteiger partial charge in [0.1, 0.15) is 11.5 Å². The van der Waals surface area contributed by atoms with Crippen molar-refractivity contribution in [1.82, 2.24) is 0 Å². The van der Waals surface area contributed by atoms with E-state index < -0.39 is 20.7 Å². The minimum absolute atomic E-state index is 0.0330. The number of phenols is 2. The molecule has 0 atom stereocenters. The molecule has 0 saturated carbocycles. The normalized spacial score (nSPS) is 13.0. The van der Waals surface area contributed by atoms with Crippen LogP contribution < -0.4 is 0 Å². The molecule has 2 N–H and O–H groups in total. The molecule has 0 unspecified atom stereocenters.